The van der Waals surface area contributed by atoms with Crippen LogP contribution in [0.5, 0.6) is 0 Å². The van der Waals surface area contributed by atoms with E-state index in [4.69, 9.17) is 34.8 Å². The third kappa shape index (κ3) is 7.07. The largest absolute Gasteiger partial charge is 0.352 e. The van der Waals surface area contributed by atoms with E-state index in [0.29, 0.717) is 20.6 Å². The van der Waals surface area contributed by atoms with Crippen molar-refractivity contribution in [3.63, 3.8) is 0 Å². The molecule has 0 aliphatic heterocycles. The van der Waals surface area contributed by atoms with Crippen molar-refractivity contribution in [3.05, 3.63) is 63.1 Å². The molecule has 0 heterocycles. The van der Waals surface area contributed by atoms with Gasteiger partial charge in [0.1, 0.15) is 6.04 Å². The smallest absolute Gasteiger partial charge is 0.243 e. The molecule has 180 valence electrons. The zero-order valence-electron chi connectivity index (χ0n) is 18.7. The van der Waals surface area contributed by atoms with Crippen molar-refractivity contribution in [2.24, 2.45) is 0 Å². The topological polar surface area (TPSA) is 86.8 Å². The standard InChI is InChI=1S/C22H26Cl3N3O4S/c1-14(2)26-22(30)15(3)28(12-18-19(24)6-5-7-20(18)25)21(29)13-27(4)33(31,32)17-10-8-16(23)9-11-17/h5-11,14-15H,12-13H2,1-4H3,(H,26,30)/t15-/m0/s1. The molecule has 11 heteroatoms. The molecule has 0 aliphatic carbocycles. The molecule has 1 atom stereocenters. The van der Waals surface area contributed by atoms with Crippen LogP contribution in [0.15, 0.2) is 47.4 Å². The van der Waals surface area contributed by atoms with E-state index in [0.717, 1.165) is 4.31 Å². The van der Waals surface area contributed by atoms with E-state index < -0.39 is 28.5 Å². The molecule has 0 unspecified atom stereocenters. The van der Waals surface area contributed by atoms with Crippen LogP contribution in [-0.2, 0) is 26.2 Å². The van der Waals surface area contributed by atoms with E-state index in [1.165, 1.54) is 36.2 Å². The maximum Gasteiger partial charge on any atom is 0.243 e. The van der Waals surface area contributed by atoms with E-state index in [-0.39, 0.29) is 23.4 Å². The molecule has 2 aromatic rings. The van der Waals surface area contributed by atoms with Gasteiger partial charge >= 0.3 is 0 Å². The number of likely N-dealkylation sites (N-methyl/N-ethyl adjacent to an activating group) is 1. The fourth-order valence-corrected chi connectivity index (χ4v) is 4.76. The second kappa shape index (κ2) is 11.5. The summed E-state index contributed by atoms with van der Waals surface area (Å²) >= 11 is 18.4. The van der Waals surface area contributed by atoms with E-state index in [1.54, 1.807) is 39.0 Å². The van der Waals surface area contributed by atoms with Gasteiger partial charge in [-0.05, 0) is 57.2 Å². The Balaban J connectivity index is 2.34. The highest BCUT2D eigenvalue weighted by Gasteiger charge is 2.31. The molecule has 2 rings (SSSR count). The van der Waals surface area contributed by atoms with Crippen LogP contribution in [-0.4, -0.2) is 55.1 Å². The number of carbonyl (C=O) groups is 2. The molecule has 0 aromatic heterocycles. The Morgan fingerprint density at radius 3 is 2.03 bits per heavy atom. The molecule has 0 bridgehead atoms. The molecule has 33 heavy (non-hydrogen) atoms. The number of sulfonamides is 1. The Kier molecular flexibility index (Phi) is 9.58. The Morgan fingerprint density at radius 2 is 1.52 bits per heavy atom. The average Bonchev–Trinajstić information content (AvgIpc) is 2.72. The molecule has 0 saturated carbocycles. The summed E-state index contributed by atoms with van der Waals surface area (Å²) in [4.78, 5) is 27.2. The maximum absolute atomic E-state index is 13.3. The third-order valence-corrected chi connectivity index (χ3v) is 7.65. The highest BCUT2D eigenvalue weighted by Crippen LogP contribution is 2.27. The molecule has 0 radical (unpaired) electrons. The van der Waals surface area contributed by atoms with Gasteiger partial charge < -0.3 is 10.2 Å². The lowest BCUT2D eigenvalue weighted by Crippen LogP contribution is -2.51. The van der Waals surface area contributed by atoms with Crippen LogP contribution in [0.2, 0.25) is 15.1 Å². The first kappa shape index (κ1) is 27.4. The normalized spacial score (nSPS) is 12.6. The number of halogens is 3. The number of amides is 2. The number of carbonyl (C=O) groups excluding carboxylic acids is 2. The molecule has 0 aliphatic rings. The van der Waals surface area contributed by atoms with Gasteiger partial charge in [-0.15, -0.1) is 0 Å². The monoisotopic (exact) mass is 533 g/mol. The van der Waals surface area contributed by atoms with E-state index >= 15 is 0 Å². The van der Waals surface area contributed by atoms with Gasteiger partial charge in [0, 0.05) is 40.3 Å². The van der Waals surface area contributed by atoms with Gasteiger partial charge in [-0.2, -0.15) is 4.31 Å². The SMILES string of the molecule is CC(C)NC(=O)[C@H](C)N(Cc1c(Cl)cccc1Cl)C(=O)CN(C)S(=O)(=O)c1ccc(Cl)cc1. The summed E-state index contributed by atoms with van der Waals surface area (Å²) in [6, 6.07) is 9.50. The van der Waals surface area contributed by atoms with E-state index in [2.05, 4.69) is 5.32 Å². The highest BCUT2D eigenvalue weighted by atomic mass is 35.5. The minimum atomic E-state index is -3.96. The summed E-state index contributed by atoms with van der Waals surface area (Å²) < 4.78 is 26.7. The van der Waals surface area contributed by atoms with Crippen molar-refractivity contribution < 1.29 is 18.0 Å². The van der Waals surface area contributed by atoms with Crippen molar-refractivity contribution in [1.29, 1.82) is 0 Å². The minimum Gasteiger partial charge on any atom is -0.352 e. The lowest BCUT2D eigenvalue weighted by molar-refractivity contribution is -0.140. The van der Waals surface area contributed by atoms with Crippen LogP contribution in [0.3, 0.4) is 0 Å². The highest BCUT2D eigenvalue weighted by molar-refractivity contribution is 7.89. The van der Waals surface area contributed by atoms with Crippen molar-refractivity contribution in [3.8, 4) is 0 Å². The van der Waals surface area contributed by atoms with Gasteiger partial charge in [-0.25, -0.2) is 8.42 Å². The molecule has 7 nitrogen and oxygen atoms in total. The summed E-state index contributed by atoms with van der Waals surface area (Å²) in [5, 5.41) is 3.82. The third-order valence-electron chi connectivity index (χ3n) is 4.87. The number of nitrogens with zero attached hydrogens (tertiary/aromatic N) is 2. The second-order valence-corrected chi connectivity index (χ2v) is 11.1. The lowest BCUT2D eigenvalue weighted by atomic mass is 10.1. The van der Waals surface area contributed by atoms with Crippen LogP contribution < -0.4 is 5.32 Å². The summed E-state index contributed by atoms with van der Waals surface area (Å²) in [5.74, 6) is -0.970. The first-order valence-electron chi connectivity index (χ1n) is 10.1. The zero-order chi connectivity index (χ0) is 24.9. The van der Waals surface area contributed by atoms with Gasteiger partial charge in [0.25, 0.3) is 0 Å². The summed E-state index contributed by atoms with van der Waals surface area (Å²) in [6.45, 7) is 4.60. The Morgan fingerprint density at radius 1 is 0.970 bits per heavy atom. The summed E-state index contributed by atoms with van der Waals surface area (Å²) in [5.41, 5.74) is 0.460. The Hall–Kier alpha value is -1.84. The fourth-order valence-electron chi connectivity index (χ4n) is 2.99. The van der Waals surface area contributed by atoms with Gasteiger partial charge in [0.15, 0.2) is 0 Å². The van der Waals surface area contributed by atoms with Gasteiger partial charge in [0.05, 0.1) is 11.4 Å². The van der Waals surface area contributed by atoms with Crippen molar-refractivity contribution in [1.82, 2.24) is 14.5 Å². The predicted molar refractivity (Wildman–Crippen MR) is 131 cm³/mol. The summed E-state index contributed by atoms with van der Waals surface area (Å²) in [7, 11) is -2.67. The molecule has 0 fully saturated rings. The average molecular weight is 535 g/mol. The van der Waals surface area contributed by atoms with Crippen molar-refractivity contribution in [2.75, 3.05) is 13.6 Å². The number of rotatable bonds is 9. The van der Waals surface area contributed by atoms with Crippen molar-refractivity contribution in [2.45, 2.75) is 44.3 Å². The van der Waals surface area contributed by atoms with Crippen LogP contribution in [0, 0.1) is 0 Å². The molecule has 1 N–H and O–H groups in total. The molecule has 2 aromatic carbocycles. The Labute approximate surface area is 209 Å². The first-order valence-corrected chi connectivity index (χ1v) is 12.7. The maximum atomic E-state index is 13.3. The van der Waals surface area contributed by atoms with E-state index in [1.807, 2.05) is 0 Å². The first-order chi connectivity index (χ1) is 15.3. The fraction of sp³-hybridized carbons (Fsp3) is 0.364. The van der Waals surface area contributed by atoms with Crippen molar-refractivity contribution >= 4 is 56.6 Å². The number of nitrogens with one attached hydrogen (secondary N) is 1. The van der Waals surface area contributed by atoms with Crippen LogP contribution in [0.1, 0.15) is 26.3 Å². The number of benzene rings is 2. The second-order valence-electron chi connectivity index (χ2n) is 7.78. The lowest BCUT2D eigenvalue weighted by Gasteiger charge is -2.31. The van der Waals surface area contributed by atoms with E-state index in [9.17, 15) is 18.0 Å². The van der Waals surface area contributed by atoms with Crippen LogP contribution in [0.4, 0.5) is 0 Å². The molecular weight excluding hydrogens is 509 g/mol. The van der Waals surface area contributed by atoms with Gasteiger partial charge in [0.2, 0.25) is 21.8 Å². The van der Waals surface area contributed by atoms with Gasteiger partial charge in [-0.3, -0.25) is 9.59 Å². The van der Waals surface area contributed by atoms with Gasteiger partial charge in [-0.1, -0.05) is 40.9 Å². The Bertz CT molecular complexity index is 1090. The molecule has 0 spiro atoms. The summed E-state index contributed by atoms with van der Waals surface area (Å²) in [6.07, 6.45) is 0. The van der Waals surface area contributed by atoms with Crippen LogP contribution >= 0.6 is 34.8 Å². The molecular formula is C22H26Cl3N3O4S. The van der Waals surface area contributed by atoms with Crippen LogP contribution in [0.25, 0.3) is 0 Å². The quantitative estimate of drug-likeness (QED) is 0.522. The number of hydrogen-bond acceptors (Lipinski definition) is 4. The molecule has 2 amide bonds. The zero-order valence-corrected chi connectivity index (χ0v) is 21.8. The molecule has 0 saturated heterocycles. The number of hydrogen-bond donors (Lipinski definition) is 1. The minimum absolute atomic E-state index is 0.00602. The predicted octanol–water partition coefficient (Wildman–Crippen LogP) is 4.21.